The van der Waals surface area contributed by atoms with E-state index in [0.717, 1.165) is 141 Å². The highest BCUT2D eigenvalue weighted by Crippen LogP contribution is 2.47. The van der Waals surface area contributed by atoms with Crippen molar-refractivity contribution in [2.24, 2.45) is 0 Å². The molecule has 0 amide bonds. The molecule has 0 spiro atoms. The Morgan fingerprint density at radius 2 is 0.481 bits per heavy atom. The van der Waals surface area contributed by atoms with E-state index in [1.54, 1.807) is 0 Å². The number of para-hydroxylation sites is 8. The first-order chi connectivity index (χ1) is 52.6. The van der Waals surface area contributed by atoms with E-state index in [2.05, 4.69) is 301 Å². The van der Waals surface area contributed by atoms with Gasteiger partial charge in [0.05, 0.1) is 84.9 Å². The van der Waals surface area contributed by atoms with Crippen LogP contribution in [0, 0.1) is 0 Å². The number of nitrogens with zero attached hydrogens (tertiary/aromatic N) is 10. The van der Waals surface area contributed by atoms with E-state index in [-0.39, 0.29) is 5.75 Å². The summed E-state index contributed by atoms with van der Waals surface area (Å²) in [6.45, 7) is 2.85. The van der Waals surface area contributed by atoms with Gasteiger partial charge in [-0.25, -0.2) is 0 Å². The van der Waals surface area contributed by atoms with Gasteiger partial charge in [-0.3, -0.25) is 9.13 Å². The lowest BCUT2D eigenvalue weighted by molar-refractivity contribution is 0.304. The number of hydrogen-bond acceptors (Lipinski definition) is 6. The molecule has 14 aromatic carbocycles. The topological polar surface area (TPSA) is 111 Å². The highest BCUT2D eigenvalue weighted by molar-refractivity contribution is 6.13. The minimum Gasteiger partial charge on any atom is -0.504 e. The van der Waals surface area contributed by atoms with Crippen LogP contribution in [0.15, 0.2) is 340 Å². The first-order valence-electron chi connectivity index (χ1n) is 36.3. The van der Waals surface area contributed by atoms with Gasteiger partial charge < -0.3 is 28.1 Å². The summed E-state index contributed by atoms with van der Waals surface area (Å²) in [6.07, 6.45) is 4.43. The molecule has 0 saturated heterocycles. The van der Waals surface area contributed by atoms with Crippen molar-refractivity contribution in [3.63, 3.8) is 0 Å². The second kappa shape index (κ2) is 26.8. The van der Waals surface area contributed by atoms with Crippen molar-refractivity contribution in [3.8, 4) is 91.2 Å². The molecule has 0 atom stereocenters. The molecular weight excluding hydrogens is 1300 g/mol. The number of aromatic hydroxyl groups is 1. The van der Waals surface area contributed by atoms with Gasteiger partial charge in [0.25, 0.3) is 0 Å². The van der Waals surface area contributed by atoms with Crippen LogP contribution in [0.5, 0.6) is 11.5 Å². The predicted molar refractivity (Wildman–Crippen MR) is 433 cm³/mol. The number of fused-ring (bicyclic) bond motifs is 12. The summed E-state index contributed by atoms with van der Waals surface area (Å²) in [5.74, 6) is 3.94. The monoisotopic (exact) mass is 1370 g/mol. The molecule has 0 saturated carbocycles. The molecule has 6 aromatic heterocycles. The quantitative estimate of drug-likeness (QED) is 0.0965. The van der Waals surface area contributed by atoms with E-state index >= 15 is 0 Å². The summed E-state index contributed by atoms with van der Waals surface area (Å²) in [5.41, 5.74) is 17.3. The van der Waals surface area contributed by atoms with E-state index < -0.39 is 0 Å². The van der Waals surface area contributed by atoms with Crippen LogP contribution in [0.1, 0.15) is 32.6 Å². The maximum absolute atomic E-state index is 12.7. The van der Waals surface area contributed by atoms with Crippen molar-refractivity contribution in [3.05, 3.63) is 340 Å². The molecule has 6 heterocycles. The number of aromatic nitrogens is 10. The van der Waals surface area contributed by atoms with Gasteiger partial charge in [0.2, 0.25) is 0 Å². The molecule has 508 valence electrons. The van der Waals surface area contributed by atoms with Crippen LogP contribution in [-0.2, 0) is 0 Å². The van der Waals surface area contributed by atoms with Crippen molar-refractivity contribution in [2.75, 3.05) is 6.61 Å². The molecule has 12 nitrogen and oxygen atoms in total. The van der Waals surface area contributed by atoms with Crippen LogP contribution in [0.3, 0.4) is 0 Å². The molecule has 0 unspecified atom stereocenters. The van der Waals surface area contributed by atoms with Crippen LogP contribution >= 0.6 is 0 Å². The zero-order chi connectivity index (χ0) is 70.6. The van der Waals surface area contributed by atoms with Gasteiger partial charge in [-0.2, -0.15) is 0 Å². The number of rotatable bonds is 16. The van der Waals surface area contributed by atoms with Crippen LogP contribution in [0.25, 0.3) is 167 Å². The minimum atomic E-state index is 0.169. The van der Waals surface area contributed by atoms with Gasteiger partial charge in [-0.1, -0.05) is 293 Å². The fraction of sp³-hybridized carbons (Fsp3) is 0.0638. The average Bonchev–Trinajstić information content (AvgIpc) is 1.55. The van der Waals surface area contributed by atoms with Crippen LogP contribution in [0.2, 0.25) is 0 Å². The Kier molecular flexibility index (Phi) is 16.0. The molecule has 20 rings (SSSR count). The molecule has 1 N–H and O–H groups in total. The third-order valence-corrected chi connectivity index (χ3v) is 20.6. The molecule has 0 fully saturated rings. The summed E-state index contributed by atoms with van der Waals surface area (Å²) < 4.78 is 20.6. The number of benzene rings is 14. The fourth-order valence-electron chi connectivity index (χ4n) is 15.8. The molecule has 20 aromatic rings. The molecule has 0 aliphatic carbocycles. The largest absolute Gasteiger partial charge is 0.504 e. The average molecular weight is 1370 g/mol. The summed E-state index contributed by atoms with van der Waals surface area (Å²) in [7, 11) is 0. The second-order valence-electron chi connectivity index (χ2n) is 26.9. The lowest BCUT2D eigenvalue weighted by atomic mass is 10.1. The van der Waals surface area contributed by atoms with Gasteiger partial charge >= 0.3 is 0 Å². The van der Waals surface area contributed by atoms with Gasteiger partial charge in [-0.05, 0) is 79.2 Å². The standard InChI is InChI=1S/C50H41N5O.C44H29N5O/c1-2-3-4-19-32-56-48-46(54-42-28-15-11-24-38(42)39-25-12-16-29-43(39)54)33-37(34-47(48)55-44-30-17-13-26-40(44)41-27-14-18-31-45(41)55)53-49(35-20-7-5-8-21-35)51-52-50(53)36-22-9-6-10-23-36;50-42-40(48-36-23-11-7-19-32(36)33-20-8-12-24-37(33)48)27-31(28-41(42)49-38-25-13-9-21-34(38)35-22-10-14-26-39(35)49)47-43(29-15-3-1-4-16-29)45-46-44(47)30-17-5-2-6-18-30/h5-18,20-31,33-34H,2-4,19,32H2,1H3;1-28,50H. The lowest BCUT2D eigenvalue weighted by Gasteiger charge is -2.23. The Balaban J connectivity index is 0.000000146. The summed E-state index contributed by atoms with van der Waals surface area (Å²) in [4.78, 5) is 0. The highest BCUT2D eigenvalue weighted by Gasteiger charge is 2.29. The van der Waals surface area contributed by atoms with Crippen molar-refractivity contribution >= 4 is 87.2 Å². The van der Waals surface area contributed by atoms with Crippen LogP contribution in [-0.4, -0.2) is 59.5 Å². The fourth-order valence-corrected chi connectivity index (χ4v) is 15.8. The third-order valence-electron chi connectivity index (χ3n) is 20.6. The zero-order valence-electron chi connectivity index (χ0n) is 58.2. The smallest absolute Gasteiger partial charge is 0.168 e. The lowest BCUT2D eigenvalue weighted by Crippen LogP contribution is -2.10. The molecule has 12 heteroatoms. The van der Waals surface area contributed by atoms with Crippen molar-refractivity contribution < 1.29 is 9.84 Å². The molecular formula is C94H70N10O2. The van der Waals surface area contributed by atoms with Gasteiger partial charge in [-0.15, -0.1) is 20.4 Å². The van der Waals surface area contributed by atoms with Crippen molar-refractivity contribution in [1.82, 2.24) is 47.8 Å². The zero-order valence-corrected chi connectivity index (χ0v) is 58.2. The van der Waals surface area contributed by atoms with E-state index in [0.29, 0.717) is 29.6 Å². The molecule has 0 bridgehead atoms. The summed E-state index contributed by atoms with van der Waals surface area (Å²) in [6, 6.07) is 118. The molecule has 0 aliphatic heterocycles. The summed E-state index contributed by atoms with van der Waals surface area (Å²) in [5, 5.41) is 41.3. The van der Waals surface area contributed by atoms with Gasteiger partial charge in [0.15, 0.2) is 34.8 Å². The highest BCUT2D eigenvalue weighted by atomic mass is 16.5. The van der Waals surface area contributed by atoms with E-state index in [1.807, 2.05) is 72.8 Å². The molecule has 0 radical (unpaired) electrons. The van der Waals surface area contributed by atoms with Crippen LogP contribution < -0.4 is 4.74 Å². The van der Waals surface area contributed by atoms with E-state index in [1.165, 1.54) is 34.4 Å². The van der Waals surface area contributed by atoms with Crippen molar-refractivity contribution in [2.45, 2.75) is 32.6 Å². The first-order valence-corrected chi connectivity index (χ1v) is 36.3. The number of phenolic OH excluding ortho intramolecular Hbond substituents is 1. The number of hydrogen-bond donors (Lipinski definition) is 1. The molecule has 0 aliphatic rings. The Morgan fingerprint density at radius 3 is 0.736 bits per heavy atom. The van der Waals surface area contributed by atoms with Gasteiger partial charge in [0, 0.05) is 65.3 Å². The Morgan fingerprint density at radius 1 is 0.255 bits per heavy atom. The molecule has 106 heavy (non-hydrogen) atoms. The normalized spacial score (nSPS) is 11.7. The van der Waals surface area contributed by atoms with Gasteiger partial charge in [0.1, 0.15) is 0 Å². The number of unbranched alkanes of at least 4 members (excludes halogenated alkanes) is 3. The number of ether oxygens (including phenoxy) is 1. The minimum absolute atomic E-state index is 0.169. The second-order valence-corrected chi connectivity index (χ2v) is 26.9. The SMILES string of the molecule is CCCCCCOc1c(-n2c3ccccc3c3ccccc32)cc(-n2c(-c3ccccc3)nnc2-c2ccccc2)cc1-n1c2ccccc2c2ccccc21.Oc1c(-n2c3ccccc3c3ccccc32)cc(-n2c(-c3ccccc3)nnc2-c2ccccc2)cc1-n1c2ccccc2c2ccccc21. The first kappa shape index (κ1) is 63.1. The Hall–Kier alpha value is -13.8. The van der Waals surface area contributed by atoms with E-state index in [4.69, 9.17) is 25.1 Å². The van der Waals surface area contributed by atoms with E-state index in [9.17, 15) is 5.11 Å². The maximum Gasteiger partial charge on any atom is 0.168 e. The number of phenols is 1. The Bertz CT molecular complexity index is 6080. The third kappa shape index (κ3) is 10.7. The predicted octanol–water partition coefficient (Wildman–Crippen LogP) is 23.3. The summed E-state index contributed by atoms with van der Waals surface area (Å²) >= 11 is 0. The Labute approximate surface area is 611 Å². The maximum atomic E-state index is 12.7. The van der Waals surface area contributed by atoms with Crippen LogP contribution in [0.4, 0.5) is 0 Å². The van der Waals surface area contributed by atoms with Crippen molar-refractivity contribution in [1.29, 1.82) is 0 Å².